The van der Waals surface area contributed by atoms with Gasteiger partial charge in [0.15, 0.2) is 6.61 Å². The summed E-state index contributed by atoms with van der Waals surface area (Å²) in [5.74, 6) is -1.23. The Bertz CT molecular complexity index is 684. The van der Waals surface area contributed by atoms with Gasteiger partial charge in [0, 0.05) is 4.75 Å². The third-order valence-corrected chi connectivity index (χ3v) is 5.68. The second-order valence-corrected chi connectivity index (χ2v) is 8.02. The van der Waals surface area contributed by atoms with Crippen molar-refractivity contribution < 1.29 is 75.6 Å². The van der Waals surface area contributed by atoms with Gasteiger partial charge in [0.1, 0.15) is 23.2 Å². The van der Waals surface area contributed by atoms with Crippen LogP contribution in [0.5, 0.6) is 5.75 Å². The second kappa shape index (κ2) is 7.97. The summed E-state index contributed by atoms with van der Waals surface area (Å²) in [5, 5.41) is 11.6. The number of ether oxygens (including phenoxy) is 1. The molecule has 3 rings (SSSR count). The maximum absolute atomic E-state index is 12.2. The van der Waals surface area contributed by atoms with Crippen LogP contribution < -0.4 is 61.4 Å². The van der Waals surface area contributed by atoms with Crippen molar-refractivity contribution in [3.8, 4) is 5.75 Å². The molecule has 2 heterocycles. The van der Waals surface area contributed by atoms with Crippen LogP contribution in [0.25, 0.3) is 0 Å². The molecular weight excluding hydrogens is 371 g/mol. The molecule has 1 aromatic rings. The molecule has 0 unspecified atom stereocenters. The van der Waals surface area contributed by atoms with E-state index in [2.05, 4.69) is 5.32 Å². The molecule has 3 atom stereocenters. The first kappa shape index (κ1) is 20.7. The smallest absolute Gasteiger partial charge is 0.484 e. The summed E-state index contributed by atoms with van der Waals surface area (Å²) >= 11 is 1.39. The summed E-state index contributed by atoms with van der Waals surface area (Å²) in [5.41, 5.74) is 0. The molecule has 0 spiro atoms. The number of hydrogen-bond donors (Lipinski definition) is 2. The molecule has 0 aromatic heterocycles. The molecule has 0 aliphatic carbocycles. The molecule has 2 aliphatic heterocycles. The summed E-state index contributed by atoms with van der Waals surface area (Å²) in [6.45, 7) is 3.38. The van der Waals surface area contributed by atoms with E-state index in [1.165, 1.54) is 16.7 Å². The summed E-state index contributed by atoms with van der Waals surface area (Å²) in [6, 6.07) is 7.31. The molecule has 7 nitrogen and oxygen atoms in total. The number of carboxylic acid groups (broad SMARTS) is 1. The Kier molecular flexibility index (Phi) is 6.61. The fourth-order valence-corrected chi connectivity index (χ4v) is 4.65. The van der Waals surface area contributed by atoms with Crippen LogP contribution in [-0.4, -0.2) is 56.6 Å². The van der Waals surface area contributed by atoms with Crippen molar-refractivity contribution in [3.63, 3.8) is 0 Å². The number of rotatable bonds is 5. The van der Waals surface area contributed by atoms with Crippen molar-refractivity contribution in [2.45, 2.75) is 36.1 Å². The minimum Gasteiger partial charge on any atom is -0.484 e. The van der Waals surface area contributed by atoms with Gasteiger partial charge in [0.05, 0.1) is 0 Å². The minimum atomic E-state index is -1.03. The van der Waals surface area contributed by atoms with Gasteiger partial charge >= 0.3 is 57.4 Å². The van der Waals surface area contributed by atoms with Crippen LogP contribution in [0.1, 0.15) is 13.8 Å². The summed E-state index contributed by atoms with van der Waals surface area (Å²) in [4.78, 5) is 37.0. The third kappa shape index (κ3) is 4.06. The number of amides is 2. The van der Waals surface area contributed by atoms with E-state index in [1.807, 2.05) is 6.07 Å². The number of aliphatic carboxylic acids is 1. The number of carboxylic acids is 1. The topological polar surface area (TPSA) is 95.9 Å². The van der Waals surface area contributed by atoms with Crippen molar-refractivity contribution in [2.75, 3.05) is 6.61 Å². The maximum Gasteiger partial charge on any atom is 1.00 e. The van der Waals surface area contributed by atoms with E-state index >= 15 is 0 Å². The van der Waals surface area contributed by atoms with Gasteiger partial charge in [-0.1, -0.05) is 18.2 Å². The average Bonchev–Trinajstić information content (AvgIpc) is 2.80. The van der Waals surface area contributed by atoms with Gasteiger partial charge in [-0.05, 0) is 26.0 Å². The Morgan fingerprint density at radius 2 is 1.96 bits per heavy atom. The van der Waals surface area contributed by atoms with Crippen molar-refractivity contribution in [2.24, 2.45) is 0 Å². The molecule has 9 heteroatoms. The van der Waals surface area contributed by atoms with E-state index in [-0.39, 0.29) is 69.3 Å². The molecule has 0 radical (unpaired) electrons. The number of β-lactam (4-membered cyclic amide) rings is 1. The zero-order chi connectivity index (χ0) is 17.5. The van der Waals surface area contributed by atoms with Gasteiger partial charge < -0.3 is 20.1 Å². The van der Waals surface area contributed by atoms with Gasteiger partial charge in [-0.25, -0.2) is 4.79 Å². The predicted molar refractivity (Wildman–Crippen MR) is 87.6 cm³/mol. The number of fused-ring (bicyclic) bond motifs is 1. The van der Waals surface area contributed by atoms with Gasteiger partial charge in [-0.2, -0.15) is 0 Å². The van der Waals surface area contributed by atoms with E-state index in [1.54, 1.807) is 38.1 Å². The number of thioether (sulfide) groups is 1. The first-order valence-corrected chi connectivity index (χ1v) is 8.39. The first-order valence-electron chi connectivity index (χ1n) is 7.51. The van der Waals surface area contributed by atoms with E-state index in [9.17, 15) is 19.5 Å². The number of carbonyl (C=O) groups is 3. The number of hydrogen-bond acceptors (Lipinski definition) is 5. The van der Waals surface area contributed by atoms with Gasteiger partial charge in [-0.3, -0.25) is 9.59 Å². The van der Waals surface area contributed by atoms with Gasteiger partial charge in [0.2, 0.25) is 5.91 Å². The second-order valence-electron chi connectivity index (χ2n) is 6.25. The molecule has 0 saturated carbocycles. The number of para-hydroxylation sites is 1. The van der Waals surface area contributed by atoms with Crippen LogP contribution in [0.15, 0.2) is 30.3 Å². The number of carbonyl (C=O) groups excluding carboxylic acids is 2. The van der Waals surface area contributed by atoms with E-state index in [0.29, 0.717) is 5.75 Å². The average molecular weight is 389 g/mol. The van der Waals surface area contributed by atoms with E-state index < -0.39 is 28.7 Å². The van der Waals surface area contributed by atoms with Crippen LogP contribution in [0, 0.1) is 0 Å². The summed E-state index contributed by atoms with van der Waals surface area (Å²) in [6.07, 6.45) is 0. The molecule has 2 N–H and O–H groups in total. The molecular formula is C16H18KN2O5S+. The molecule has 0 bridgehead atoms. The van der Waals surface area contributed by atoms with E-state index in [0.717, 1.165) is 0 Å². The molecule has 25 heavy (non-hydrogen) atoms. The Hall–Kier alpha value is -0.584. The quantitative estimate of drug-likeness (QED) is 0.434. The fourth-order valence-electron chi connectivity index (χ4n) is 3.03. The SMILES string of the molecule is CC1(C)S[C@@H]2[C@H](NC(=O)COc3ccccc3)C(=O)N2[C@H]1C(=O)O.[K+]. The van der Waals surface area contributed by atoms with Crippen LogP contribution in [0.3, 0.4) is 0 Å². The fraction of sp³-hybridized carbons (Fsp3) is 0.438. The van der Waals surface area contributed by atoms with E-state index in [4.69, 9.17) is 4.74 Å². The zero-order valence-corrected chi connectivity index (χ0v) is 18.2. The Morgan fingerprint density at radius 3 is 2.56 bits per heavy atom. The molecule has 2 aliphatic rings. The molecule has 2 amide bonds. The largest absolute Gasteiger partial charge is 1.00 e. The van der Waals surface area contributed by atoms with Crippen molar-refractivity contribution in [3.05, 3.63) is 30.3 Å². The monoisotopic (exact) mass is 389 g/mol. The van der Waals surface area contributed by atoms with Gasteiger partial charge in [0.25, 0.3) is 5.91 Å². The standard InChI is InChI=1S/C16H18N2O5S.K/c1-16(2)12(15(21)22)18-13(20)11(14(18)24-16)17-10(19)8-23-9-6-4-3-5-7-9;/h3-7,11-12,14H,8H2,1-2H3,(H,17,19)(H,21,22);/q;+1/t11-,12+,14-;/m1./s1. The number of nitrogens with one attached hydrogen (secondary N) is 1. The number of benzene rings is 1. The molecule has 128 valence electrons. The van der Waals surface area contributed by atoms with Crippen molar-refractivity contribution in [1.29, 1.82) is 0 Å². The zero-order valence-electron chi connectivity index (χ0n) is 14.3. The summed E-state index contributed by atoms with van der Waals surface area (Å²) < 4.78 is 4.74. The first-order chi connectivity index (χ1) is 11.3. The van der Waals surface area contributed by atoms with Gasteiger partial charge in [-0.15, -0.1) is 11.8 Å². The van der Waals surface area contributed by atoms with Crippen LogP contribution >= 0.6 is 11.8 Å². The Balaban J connectivity index is 0.00000225. The van der Waals surface area contributed by atoms with Crippen molar-refractivity contribution in [1.82, 2.24) is 10.2 Å². The molecule has 2 fully saturated rings. The van der Waals surface area contributed by atoms with Crippen LogP contribution in [-0.2, 0) is 14.4 Å². The van der Waals surface area contributed by atoms with Crippen LogP contribution in [0.2, 0.25) is 0 Å². The Morgan fingerprint density at radius 1 is 1.32 bits per heavy atom. The molecule has 2 saturated heterocycles. The third-order valence-electron chi connectivity index (χ3n) is 4.10. The van der Waals surface area contributed by atoms with Crippen molar-refractivity contribution >= 4 is 29.5 Å². The predicted octanol–water partition coefficient (Wildman–Crippen LogP) is -2.30. The number of nitrogens with zero attached hydrogens (tertiary/aromatic N) is 1. The minimum absolute atomic E-state index is 0. The Labute approximate surface area is 192 Å². The molecule has 1 aromatic carbocycles. The normalized spacial score (nSPS) is 26.1. The maximum atomic E-state index is 12.2. The van der Waals surface area contributed by atoms with Crippen LogP contribution in [0.4, 0.5) is 0 Å². The summed E-state index contributed by atoms with van der Waals surface area (Å²) in [7, 11) is 0.